The highest BCUT2D eigenvalue weighted by molar-refractivity contribution is 7.98. The molecule has 5 aromatic rings. The van der Waals surface area contributed by atoms with Crippen molar-refractivity contribution in [2.24, 2.45) is 0 Å². The first-order valence-electron chi connectivity index (χ1n) is 19.8. The zero-order chi connectivity index (χ0) is 44.3. The van der Waals surface area contributed by atoms with E-state index in [4.69, 9.17) is 25.5 Å². The maximum absolute atomic E-state index is 13.6. The number of hydrogen-bond donors (Lipinski definition) is 4. The lowest BCUT2D eigenvalue weighted by molar-refractivity contribution is -0.165. The number of alkyl halides is 3. The Kier molecular flexibility index (Phi) is 16.3. The zero-order valence-electron chi connectivity index (χ0n) is 33.7. The highest BCUT2D eigenvalue weighted by Crippen LogP contribution is 2.32. The molecule has 0 aliphatic heterocycles. The van der Waals surface area contributed by atoms with E-state index >= 15 is 0 Å². The number of aliphatic hydroxyl groups excluding tert-OH is 2. The molecule has 0 spiro atoms. The molecule has 2 heterocycles. The normalized spacial score (nSPS) is 13.4. The van der Waals surface area contributed by atoms with E-state index in [1.54, 1.807) is 12.1 Å². The molecule has 1 aliphatic carbocycles. The third-order valence-corrected chi connectivity index (χ3v) is 11.4. The van der Waals surface area contributed by atoms with Crippen LogP contribution in [-0.2, 0) is 53.9 Å². The Hall–Kier alpha value is -5.43. The highest BCUT2D eigenvalue weighted by atomic mass is 32.2. The summed E-state index contributed by atoms with van der Waals surface area (Å²) < 4.78 is 57.1. The number of rotatable bonds is 18. The van der Waals surface area contributed by atoms with Crippen LogP contribution in [0.5, 0.6) is 0 Å². The minimum absolute atomic E-state index is 0.191. The number of carboxylic acids is 2. The van der Waals surface area contributed by atoms with E-state index in [0.717, 1.165) is 103 Å². The Morgan fingerprint density at radius 3 is 1.93 bits per heavy atom. The minimum atomic E-state index is -4.38. The third kappa shape index (κ3) is 12.6. The molecule has 4 N–H and O–H groups in total. The van der Waals surface area contributed by atoms with Gasteiger partial charge in [0.1, 0.15) is 11.6 Å². The molecule has 3 aromatic carbocycles. The van der Waals surface area contributed by atoms with E-state index in [1.165, 1.54) is 36.0 Å². The first-order chi connectivity index (χ1) is 29.1. The number of aliphatic hydroxyl groups is 2. The van der Waals surface area contributed by atoms with E-state index in [-0.39, 0.29) is 11.4 Å². The second-order valence-electron chi connectivity index (χ2n) is 14.4. The Morgan fingerprint density at radius 1 is 0.787 bits per heavy atom. The molecule has 6 rings (SSSR count). The summed E-state index contributed by atoms with van der Waals surface area (Å²) in [6.45, 7) is 8.28. The van der Waals surface area contributed by atoms with Crippen molar-refractivity contribution in [3.8, 4) is 11.1 Å². The van der Waals surface area contributed by atoms with Gasteiger partial charge in [0.15, 0.2) is 23.2 Å². The summed E-state index contributed by atoms with van der Waals surface area (Å²) in [5.41, 5.74) is 4.33. The van der Waals surface area contributed by atoms with Gasteiger partial charge in [0.2, 0.25) is 0 Å². The number of nitrogens with zero attached hydrogens (tertiary/aromatic N) is 6. The van der Waals surface area contributed by atoms with Gasteiger partial charge in [-0.3, -0.25) is 4.79 Å². The van der Waals surface area contributed by atoms with Crippen LogP contribution >= 0.6 is 11.8 Å². The van der Waals surface area contributed by atoms with Gasteiger partial charge in [0, 0.05) is 23.4 Å². The molecule has 2 aromatic heterocycles. The van der Waals surface area contributed by atoms with Gasteiger partial charge < -0.3 is 34.5 Å². The van der Waals surface area contributed by atoms with Crippen LogP contribution < -0.4 is 5.56 Å². The molecular formula is C43H48F4N6O7S. The molecule has 61 heavy (non-hydrogen) atoms. The fourth-order valence-electron chi connectivity index (χ4n) is 6.85. The summed E-state index contributed by atoms with van der Waals surface area (Å²) in [6.07, 6.45) is -3.82. The van der Waals surface area contributed by atoms with Gasteiger partial charge >= 0.3 is 18.1 Å². The predicted octanol–water partition coefficient (Wildman–Crippen LogP) is 6.08. The average molecular weight is 869 g/mol. The maximum atomic E-state index is 13.6. The van der Waals surface area contributed by atoms with Crippen molar-refractivity contribution in [3.05, 3.63) is 129 Å². The van der Waals surface area contributed by atoms with E-state index in [1.807, 2.05) is 24.3 Å². The van der Waals surface area contributed by atoms with Crippen LogP contribution in [-0.4, -0.2) is 93.4 Å². The van der Waals surface area contributed by atoms with E-state index < -0.39 is 35.9 Å². The van der Waals surface area contributed by atoms with Gasteiger partial charge in [-0.15, -0.1) is 10.2 Å². The molecular weight excluding hydrogens is 821 g/mol. The Labute approximate surface area is 353 Å². The molecule has 18 heteroatoms. The van der Waals surface area contributed by atoms with Crippen LogP contribution in [0.25, 0.3) is 11.1 Å². The number of thioether (sulfide) groups is 1. The Bertz CT molecular complexity index is 2280. The van der Waals surface area contributed by atoms with Gasteiger partial charge in [-0.05, 0) is 98.3 Å². The number of aryl methyl sites for hydroxylation is 1. The van der Waals surface area contributed by atoms with Crippen molar-refractivity contribution in [1.29, 1.82) is 0 Å². The molecule has 0 radical (unpaired) electrons. The van der Waals surface area contributed by atoms with Gasteiger partial charge in [-0.2, -0.15) is 18.2 Å². The van der Waals surface area contributed by atoms with E-state index in [9.17, 15) is 31.9 Å². The largest absolute Gasteiger partial charge is 0.479 e. The molecule has 0 amide bonds. The van der Waals surface area contributed by atoms with Crippen molar-refractivity contribution in [2.45, 2.75) is 94.8 Å². The third-order valence-electron chi connectivity index (χ3n) is 10.3. The van der Waals surface area contributed by atoms with Crippen LogP contribution in [0, 0.1) is 5.82 Å². The van der Waals surface area contributed by atoms with Crippen molar-refractivity contribution in [1.82, 2.24) is 29.2 Å². The number of aromatic nitrogens is 5. The first-order valence-corrected chi connectivity index (χ1v) is 20.8. The lowest BCUT2D eigenvalue weighted by Gasteiger charge is -2.19. The number of carboxylic acid groups (broad SMARTS) is 2. The van der Waals surface area contributed by atoms with Crippen molar-refractivity contribution < 1.29 is 47.6 Å². The Balaban J connectivity index is 0.000000626. The summed E-state index contributed by atoms with van der Waals surface area (Å²) in [5, 5.41) is 42.5. The number of benzene rings is 3. The quantitative estimate of drug-likeness (QED) is 0.0345. The molecule has 1 aliphatic rings. The lowest BCUT2D eigenvalue weighted by atomic mass is 10.0. The standard InChI is InChI=1S/C39H42F4N6OS.C4H6O6/c1-3-47(4-2)23-6-5-10-35-45-46-36(49(35)24-27-11-15-29(16-12-27)30-17-19-31(20-18-30)39(41,42)43)25-48-34-9-7-8-33(34)37(50)44-38(48)51-26-28-13-21-32(40)22-14-28;5-1(3(7)8)2(6)4(9)10/h11-22H,3-10,23-26H2,1-2H3;1-2,5-6H,(H,7,8)(H,9,10). The number of hydrogen-bond acceptors (Lipinski definition) is 10. The fraction of sp³-hybridized carbons (Fsp3) is 0.395. The molecule has 0 bridgehead atoms. The summed E-state index contributed by atoms with van der Waals surface area (Å²) >= 11 is 1.45. The summed E-state index contributed by atoms with van der Waals surface area (Å²) in [4.78, 5) is 39.5. The smallest absolute Gasteiger partial charge is 0.416 e. The van der Waals surface area contributed by atoms with Crippen molar-refractivity contribution >= 4 is 23.7 Å². The van der Waals surface area contributed by atoms with Crippen LogP contribution in [0.3, 0.4) is 0 Å². The van der Waals surface area contributed by atoms with Crippen LogP contribution in [0.15, 0.2) is 82.7 Å². The van der Waals surface area contributed by atoms with Crippen LogP contribution in [0.2, 0.25) is 0 Å². The number of fused-ring (bicyclic) bond motifs is 1. The summed E-state index contributed by atoms with van der Waals surface area (Å²) in [6, 6.07) is 19.4. The highest BCUT2D eigenvalue weighted by Gasteiger charge is 2.31. The lowest BCUT2D eigenvalue weighted by Crippen LogP contribution is -2.39. The molecule has 326 valence electrons. The molecule has 2 unspecified atom stereocenters. The second-order valence-corrected chi connectivity index (χ2v) is 15.4. The first kappa shape index (κ1) is 46.6. The van der Waals surface area contributed by atoms with E-state index in [2.05, 4.69) is 38.0 Å². The summed E-state index contributed by atoms with van der Waals surface area (Å²) in [5.74, 6) is -1.67. The topological polar surface area (TPSA) is 184 Å². The Morgan fingerprint density at radius 2 is 1.36 bits per heavy atom. The fourth-order valence-corrected chi connectivity index (χ4v) is 7.82. The minimum Gasteiger partial charge on any atom is -0.479 e. The molecule has 13 nitrogen and oxygen atoms in total. The van der Waals surface area contributed by atoms with Gasteiger partial charge in [-0.25, -0.2) is 14.0 Å². The van der Waals surface area contributed by atoms with Crippen LogP contribution in [0.1, 0.15) is 72.7 Å². The number of aliphatic carboxylic acids is 2. The van der Waals surface area contributed by atoms with E-state index in [0.29, 0.717) is 36.0 Å². The molecule has 0 fully saturated rings. The van der Waals surface area contributed by atoms with Gasteiger partial charge in [0.25, 0.3) is 5.56 Å². The SMILES string of the molecule is CCN(CC)CCCCc1nnc(Cn2c(SCc3ccc(F)cc3)nc(=O)c3c2CCC3)n1Cc1ccc(-c2ccc(C(F)(F)F)cc2)cc1.O=C(O)C(O)C(O)C(=O)O. The average Bonchev–Trinajstić information content (AvgIpc) is 3.89. The predicted molar refractivity (Wildman–Crippen MR) is 220 cm³/mol. The van der Waals surface area contributed by atoms with Crippen molar-refractivity contribution in [3.63, 3.8) is 0 Å². The van der Waals surface area contributed by atoms with Gasteiger partial charge in [0.05, 0.1) is 18.7 Å². The number of unbranched alkanes of at least 4 members (excludes halogenated alkanes) is 1. The molecule has 2 atom stereocenters. The van der Waals surface area contributed by atoms with Gasteiger partial charge in [-0.1, -0.05) is 74.1 Å². The number of carbonyl (C=O) groups is 2. The molecule has 0 saturated heterocycles. The van der Waals surface area contributed by atoms with Crippen molar-refractivity contribution in [2.75, 3.05) is 19.6 Å². The molecule has 0 saturated carbocycles. The van der Waals surface area contributed by atoms with Crippen LogP contribution in [0.4, 0.5) is 17.6 Å². The maximum Gasteiger partial charge on any atom is 0.416 e. The number of halogens is 4. The monoisotopic (exact) mass is 868 g/mol. The zero-order valence-corrected chi connectivity index (χ0v) is 34.5. The second kappa shape index (κ2) is 21.4. The summed E-state index contributed by atoms with van der Waals surface area (Å²) in [7, 11) is 0.